The Bertz CT molecular complexity index is 293. The molecule has 106 valence electrons. The van der Waals surface area contributed by atoms with E-state index in [1.807, 2.05) is 0 Å². The van der Waals surface area contributed by atoms with Crippen LogP contribution in [0.1, 0.15) is 33.1 Å². The van der Waals surface area contributed by atoms with Crippen molar-refractivity contribution in [3.63, 3.8) is 0 Å². The molecule has 2 aliphatic rings. The smallest absolute Gasteiger partial charge is 0.198 e. The number of hydrogen-bond donors (Lipinski definition) is 2. The van der Waals surface area contributed by atoms with Gasteiger partial charge in [-0.2, -0.15) is 0 Å². The topological polar surface area (TPSA) is 44.9 Å². The summed E-state index contributed by atoms with van der Waals surface area (Å²) >= 11 is -0.577. The molecule has 0 radical (unpaired) electrons. The van der Waals surface area contributed by atoms with Crippen LogP contribution in [-0.2, 0) is 9.53 Å². The second-order valence-corrected chi connectivity index (χ2v) is 7.53. The maximum Gasteiger partial charge on any atom is 0.198 e. The van der Waals surface area contributed by atoms with E-state index in [0.29, 0.717) is 17.3 Å². The largest absolute Gasteiger partial charge is 0.372 e. The molecule has 1 N–H and O–H groups in total. The van der Waals surface area contributed by atoms with E-state index in [-0.39, 0.29) is 6.04 Å². The lowest BCUT2D eigenvalue weighted by atomic mass is 10.2. The van der Waals surface area contributed by atoms with Gasteiger partial charge in [-0.15, -0.1) is 11.1 Å². The molecule has 2 fully saturated rings. The SMILES string of the molecule is CCC(CC)N(C)[SH]1CCC(NCC2CO2)C1=O. The summed E-state index contributed by atoms with van der Waals surface area (Å²) in [5, 5.41) is 3.81. The number of nitrogens with one attached hydrogen (secondary N) is 1. The minimum absolute atomic E-state index is 0.0807. The quantitative estimate of drug-likeness (QED) is 0.543. The van der Waals surface area contributed by atoms with E-state index >= 15 is 0 Å². The molecule has 2 aliphatic heterocycles. The maximum absolute atomic E-state index is 12.4. The van der Waals surface area contributed by atoms with Gasteiger partial charge in [0, 0.05) is 12.6 Å². The monoisotopic (exact) mass is 274 g/mol. The van der Waals surface area contributed by atoms with Gasteiger partial charge < -0.3 is 10.1 Å². The first-order chi connectivity index (χ1) is 8.67. The molecular formula is C13H26N2O2S. The second kappa shape index (κ2) is 6.37. The van der Waals surface area contributed by atoms with Crippen molar-refractivity contribution in [3.8, 4) is 0 Å². The fourth-order valence-electron chi connectivity index (χ4n) is 2.64. The minimum Gasteiger partial charge on any atom is -0.372 e. The molecule has 3 unspecified atom stereocenters. The highest BCUT2D eigenvalue weighted by Gasteiger charge is 2.36. The number of carbonyl (C=O) groups is 1. The van der Waals surface area contributed by atoms with Gasteiger partial charge in [-0.25, -0.2) is 0 Å². The Morgan fingerprint density at radius 3 is 2.72 bits per heavy atom. The predicted octanol–water partition coefficient (Wildman–Crippen LogP) is 1.31. The molecule has 0 aromatic heterocycles. The Morgan fingerprint density at radius 2 is 2.17 bits per heavy atom. The zero-order valence-electron chi connectivity index (χ0n) is 11.7. The summed E-state index contributed by atoms with van der Waals surface area (Å²) in [5.74, 6) is 1.06. The van der Waals surface area contributed by atoms with Gasteiger partial charge in [-0.3, -0.25) is 9.10 Å². The highest BCUT2D eigenvalue weighted by molar-refractivity contribution is 8.28. The number of carbonyl (C=O) groups excluding carboxylic acids is 1. The molecule has 0 amide bonds. The lowest BCUT2D eigenvalue weighted by molar-refractivity contribution is -0.112. The molecule has 5 heteroatoms. The third-order valence-corrected chi connectivity index (χ3v) is 6.62. The first kappa shape index (κ1) is 14.3. The first-order valence-electron chi connectivity index (χ1n) is 7.06. The Morgan fingerprint density at radius 1 is 1.50 bits per heavy atom. The summed E-state index contributed by atoms with van der Waals surface area (Å²) in [7, 11) is 2.13. The van der Waals surface area contributed by atoms with Crippen LogP contribution in [0.15, 0.2) is 0 Å². The molecule has 0 aromatic carbocycles. The number of ether oxygens (including phenoxy) is 1. The minimum atomic E-state index is -0.577. The molecule has 0 bridgehead atoms. The van der Waals surface area contributed by atoms with Crippen LogP contribution in [-0.4, -0.2) is 53.6 Å². The van der Waals surface area contributed by atoms with Crippen LogP contribution in [0.2, 0.25) is 0 Å². The standard InChI is InChI=1S/C13H26N2O2S/c1-4-10(5-2)15(3)18-7-6-12(13(18)16)14-8-11-9-17-11/h10-12,14,18H,4-9H2,1-3H3. The molecule has 0 aliphatic carbocycles. The predicted molar refractivity (Wildman–Crippen MR) is 77.1 cm³/mol. The van der Waals surface area contributed by atoms with Crippen molar-refractivity contribution in [3.05, 3.63) is 0 Å². The molecule has 4 nitrogen and oxygen atoms in total. The van der Waals surface area contributed by atoms with E-state index in [1.54, 1.807) is 0 Å². The van der Waals surface area contributed by atoms with Crippen molar-refractivity contribution < 1.29 is 9.53 Å². The highest BCUT2D eigenvalue weighted by atomic mass is 32.2. The zero-order valence-corrected chi connectivity index (χ0v) is 12.6. The number of hydrogen-bond acceptors (Lipinski definition) is 4. The number of thiol groups is 1. The van der Waals surface area contributed by atoms with Gasteiger partial charge in [0.05, 0.1) is 18.8 Å². The molecule has 2 saturated heterocycles. The fraction of sp³-hybridized carbons (Fsp3) is 0.923. The second-order valence-electron chi connectivity index (χ2n) is 5.21. The third kappa shape index (κ3) is 3.26. The van der Waals surface area contributed by atoms with Crippen molar-refractivity contribution >= 4 is 16.2 Å². The Balaban J connectivity index is 1.84. The van der Waals surface area contributed by atoms with Crippen LogP contribution >= 0.6 is 11.1 Å². The van der Waals surface area contributed by atoms with Crippen LogP contribution < -0.4 is 5.32 Å². The fourth-order valence-corrected chi connectivity index (χ4v) is 5.29. The third-order valence-electron chi connectivity index (χ3n) is 4.03. The summed E-state index contributed by atoms with van der Waals surface area (Å²) in [5.41, 5.74) is 0. The molecule has 2 heterocycles. The molecule has 2 rings (SSSR count). The molecule has 18 heavy (non-hydrogen) atoms. The van der Waals surface area contributed by atoms with Crippen molar-refractivity contribution in [2.24, 2.45) is 0 Å². The summed E-state index contributed by atoms with van der Waals surface area (Å²) in [6.07, 6.45) is 3.63. The number of epoxide rings is 1. The summed E-state index contributed by atoms with van der Waals surface area (Å²) in [6, 6.07) is 0.641. The lowest BCUT2D eigenvalue weighted by Crippen LogP contribution is -2.37. The van der Waals surface area contributed by atoms with E-state index in [0.717, 1.165) is 38.2 Å². The van der Waals surface area contributed by atoms with E-state index in [9.17, 15) is 4.79 Å². The van der Waals surface area contributed by atoms with Gasteiger partial charge in [-0.1, -0.05) is 13.8 Å². The number of rotatable bonds is 7. The van der Waals surface area contributed by atoms with Crippen molar-refractivity contribution in [2.75, 3.05) is 26.0 Å². The van der Waals surface area contributed by atoms with Crippen LogP contribution in [0.4, 0.5) is 0 Å². The van der Waals surface area contributed by atoms with Gasteiger partial charge in [0.25, 0.3) is 0 Å². The lowest BCUT2D eigenvalue weighted by Gasteiger charge is -2.33. The summed E-state index contributed by atoms with van der Waals surface area (Å²) in [6.45, 7) is 6.12. The van der Waals surface area contributed by atoms with Crippen LogP contribution in [0.3, 0.4) is 0 Å². The van der Waals surface area contributed by atoms with Crippen molar-refractivity contribution in [1.82, 2.24) is 9.62 Å². The Kier molecular flexibility index (Phi) is 5.06. The van der Waals surface area contributed by atoms with Crippen LogP contribution in [0.5, 0.6) is 0 Å². The average molecular weight is 274 g/mol. The van der Waals surface area contributed by atoms with Crippen molar-refractivity contribution in [2.45, 2.75) is 51.3 Å². The van der Waals surface area contributed by atoms with E-state index in [2.05, 4.69) is 30.5 Å². The highest BCUT2D eigenvalue weighted by Crippen LogP contribution is 2.41. The normalized spacial score (nSPS) is 33.6. The first-order valence-corrected chi connectivity index (χ1v) is 8.54. The Hall–Kier alpha value is -0.100. The zero-order chi connectivity index (χ0) is 13.1. The molecule has 3 atom stereocenters. The molecule has 0 spiro atoms. The van der Waals surface area contributed by atoms with Crippen LogP contribution in [0, 0.1) is 0 Å². The summed E-state index contributed by atoms with van der Waals surface area (Å²) in [4.78, 5) is 12.4. The van der Waals surface area contributed by atoms with Gasteiger partial charge in [0.1, 0.15) is 0 Å². The number of nitrogens with zero attached hydrogens (tertiary/aromatic N) is 1. The average Bonchev–Trinajstić information content (AvgIpc) is 3.12. The van der Waals surface area contributed by atoms with E-state index in [4.69, 9.17) is 4.74 Å². The van der Waals surface area contributed by atoms with Gasteiger partial charge in [0.15, 0.2) is 5.12 Å². The van der Waals surface area contributed by atoms with Crippen molar-refractivity contribution in [1.29, 1.82) is 0 Å². The van der Waals surface area contributed by atoms with Crippen LogP contribution in [0.25, 0.3) is 0 Å². The van der Waals surface area contributed by atoms with Gasteiger partial charge >= 0.3 is 0 Å². The summed E-state index contributed by atoms with van der Waals surface area (Å²) < 4.78 is 7.53. The molecule has 0 aromatic rings. The van der Waals surface area contributed by atoms with Gasteiger partial charge in [0.2, 0.25) is 0 Å². The molecular weight excluding hydrogens is 248 g/mol. The van der Waals surface area contributed by atoms with E-state index in [1.165, 1.54) is 0 Å². The van der Waals surface area contributed by atoms with Gasteiger partial charge in [-0.05, 0) is 32.1 Å². The van der Waals surface area contributed by atoms with E-state index < -0.39 is 11.1 Å². The Labute approximate surface area is 113 Å². The molecule has 0 saturated carbocycles. The maximum atomic E-state index is 12.4.